The van der Waals surface area contributed by atoms with Crippen molar-refractivity contribution < 1.29 is 4.79 Å². The third-order valence-corrected chi connectivity index (χ3v) is 4.67. The Labute approximate surface area is 152 Å². The van der Waals surface area contributed by atoms with Gasteiger partial charge in [0, 0.05) is 49.9 Å². The summed E-state index contributed by atoms with van der Waals surface area (Å²) < 4.78 is 1.90. The molecule has 1 N–H and O–H groups in total. The van der Waals surface area contributed by atoms with Crippen LogP contribution in [0.4, 0.5) is 0 Å². The summed E-state index contributed by atoms with van der Waals surface area (Å²) in [7, 11) is 1.92. The van der Waals surface area contributed by atoms with Crippen LogP contribution in [-0.2, 0) is 7.05 Å². The predicted molar refractivity (Wildman–Crippen MR) is 99.1 cm³/mol. The van der Waals surface area contributed by atoms with Crippen LogP contribution in [0.3, 0.4) is 0 Å². The summed E-state index contributed by atoms with van der Waals surface area (Å²) in [6, 6.07) is 2.18. The highest BCUT2D eigenvalue weighted by atomic mass is 35.5. The fourth-order valence-electron chi connectivity index (χ4n) is 2.70. The molecule has 3 heterocycles. The van der Waals surface area contributed by atoms with Gasteiger partial charge in [0.2, 0.25) is 0 Å². The van der Waals surface area contributed by atoms with Crippen LogP contribution in [0.25, 0.3) is 11.3 Å². The van der Waals surface area contributed by atoms with Crippen LogP contribution in [0, 0.1) is 6.92 Å². The Bertz CT molecular complexity index is 670. The van der Waals surface area contributed by atoms with E-state index in [4.69, 9.17) is 0 Å². The SMILES string of the molecule is Cc1nc(-c2cc(C(=O)N3CCNCC3C)n(C)c2)cs1.Cl.Cl. The molecule has 1 aliphatic rings. The normalized spacial score (nSPS) is 17.3. The van der Waals surface area contributed by atoms with Crippen molar-refractivity contribution in [2.45, 2.75) is 19.9 Å². The Kier molecular flexibility index (Phi) is 7.07. The maximum Gasteiger partial charge on any atom is 0.270 e. The van der Waals surface area contributed by atoms with E-state index in [0.29, 0.717) is 0 Å². The maximum atomic E-state index is 12.7. The molecule has 0 bridgehead atoms. The summed E-state index contributed by atoms with van der Waals surface area (Å²) in [6.07, 6.45) is 1.98. The van der Waals surface area contributed by atoms with Crippen molar-refractivity contribution in [1.82, 2.24) is 19.8 Å². The third kappa shape index (κ3) is 4.07. The van der Waals surface area contributed by atoms with E-state index >= 15 is 0 Å². The molecule has 1 saturated heterocycles. The molecule has 0 saturated carbocycles. The molecular formula is C15H22Cl2N4OS. The van der Waals surface area contributed by atoms with Crippen LogP contribution in [0.5, 0.6) is 0 Å². The van der Waals surface area contributed by atoms with Crippen LogP contribution >= 0.6 is 36.2 Å². The largest absolute Gasteiger partial charge is 0.346 e. The smallest absolute Gasteiger partial charge is 0.270 e. The van der Waals surface area contributed by atoms with Crippen LogP contribution in [-0.4, -0.2) is 46.0 Å². The number of halogens is 2. The number of carbonyl (C=O) groups excluding carboxylic acids is 1. The van der Waals surface area contributed by atoms with Gasteiger partial charge in [0.25, 0.3) is 5.91 Å². The lowest BCUT2D eigenvalue weighted by atomic mass is 10.2. The Balaban J connectivity index is 0.00000132. The van der Waals surface area contributed by atoms with Gasteiger partial charge in [-0.3, -0.25) is 4.79 Å². The van der Waals surface area contributed by atoms with Gasteiger partial charge in [-0.2, -0.15) is 0 Å². The van der Waals surface area contributed by atoms with E-state index in [9.17, 15) is 4.79 Å². The van der Waals surface area contributed by atoms with Gasteiger partial charge >= 0.3 is 0 Å². The number of thiazole rings is 1. The Morgan fingerprint density at radius 3 is 2.78 bits per heavy atom. The van der Waals surface area contributed by atoms with E-state index in [-0.39, 0.29) is 36.8 Å². The highest BCUT2D eigenvalue weighted by Gasteiger charge is 2.26. The molecule has 0 spiro atoms. The minimum absolute atomic E-state index is 0. The number of hydrogen-bond donors (Lipinski definition) is 1. The molecule has 23 heavy (non-hydrogen) atoms. The molecular weight excluding hydrogens is 355 g/mol. The Morgan fingerprint density at radius 1 is 1.43 bits per heavy atom. The van der Waals surface area contributed by atoms with Crippen LogP contribution in [0.15, 0.2) is 17.6 Å². The fraction of sp³-hybridized carbons (Fsp3) is 0.467. The molecule has 1 atom stereocenters. The zero-order valence-corrected chi connectivity index (χ0v) is 15.9. The summed E-state index contributed by atoms with van der Waals surface area (Å²) >= 11 is 1.63. The molecule has 5 nitrogen and oxygen atoms in total. The monoisotopic (exact) mass is 376 g/mol. The zero-order valence-electron chi connectivity index (χ0n) is 13.4. The van der Waals surface area contributed by atoms with Crippen molar-refractivity contribution >= 4 is 42.1 Å². The average Bonchev–Trinajstić information content (AvgIpc) is 3.05. The van der Waals surface area contributed by atoms with E-state index < -0.39 is 0 Å². The number of rotatable bonds is 2. The minimum atomic E-state index is 0. The first kappa shape index (κ1) is 20.0. The van der Waals surface area contributed by atoms with Crippen LogP contribution < -0.4 is 5.32 Å². The first-order chi connectivity index (χ1) is 10.1. The number of nitrogens with zero attached hydrogens (tertiary/aromatic N) is 3. The lowest BCUT2D eigenvalue weighted by Gasteiger charge is -2.34. The quantitative estimate of drug-likeness (QED) is 0.876. The van der Waals surface area contributed by atoms with Crippen molar-refractivity contribution in [3.05, 3.63) is 28.3 Å². The summed E-state index contributed by atoms with van der Waals surface area (Å²) in [5.41, 5.74) is 2.68. The first-order valence-corrected chi connectivity index (χ1v) is 8.05. The fourth-order valence-corrected chi connectivity index (χ4v) is 3.33. The van der Waals surface area contributed by atoms with Gasteiger partial charge in [0.15, 0.2) is 0 Å². The number of nitrogens with one attached hydrogen (secondary N) is 1. The Morgan fingerprint density at radius 2 is 2.17 bits per heavy atom. The maximum absolute atomic E-state index is 12.7. The second kappa shape index (κ2) is 8.15. The summed E-state index contributed by atoms with van der Waals surface area (Å²) in [5, 5.41) is 6.38. The molecule has 8 heteroatoms. The van der Waals surface area contributed by atoms with Gasteiger partial charge in [-0.15, -0.1) is 36.2 Å². The van der Waals surface area contributed by atoms with E-state index in [2.05, 4.69) is 17.2 Å². The Hall–Kier alpha value is -1.08. The van der Waals surface area contributed by atoms with Gasteiger partial charge in [-0.1, -0.05) is 0 Å². The van der Waals surface area contributed by atoms with Crippen LogP contribution in [0.1, 0.15) is 22.4 Å². The number of aromatic nitrogens is 2. The van der Waals surface area contributed by atoms with Crippen molar-refractivity contribution in [2.24, 2.45) is 7.05 Å². The summed E-state index contributed by atoms with van der Waals surface area (Å²) in [6.45, 7) is 6.55. The lowest BCUT2D eigenvalue weighted by molar-refractivity contribution is 0.0646. The van der Waals surface area contributed by atoms with E-state index in [1.807, 2.05) is 41.1 Å². The third-order valence-electron chi connectivity index (χ3n) is 3.90. The minimum Gasteiger partial charge on any atom is -0.346 e. The predicted octanol–water partition coefficient (Wildman–Crippen LogP) is 2.73. The van der Waals surface area contributed by atoms with Gasteiger partial charge in [0.05, 0.1) is 10.7 Å². The van der Waals surface area contributed by atoms with E-state index in [1.54, 1.807) is 11.3 Å². The molecule has 2 aromatic heterocycles. The molecule has 0 radical (unpaired) electrons. The van der Waals surface area contributed by atoms with Crippen molar-refractivity contribution in [3.63, 3.8) is 0 Å². The number of aryl methyl sites for hydroxylation is 2. The summed E-state index contributed by atoms with van der Waals surface area (Å²) in [5.74, 6) is 0.102. The number of amides is 1. The highest BCUT2D eigenvalue weighted by molar-refractivity contribution is 7.09. The van der Waals surface area contributed by atoms with Crippen LogP contribution in [0.2, 0.25) is 0 Å². The molecule has 1 aliphatic heterocycles. The van der Waals surface area contributed by atoms with Crippen molar-refractivity contribution in [1.29, 1.82) is 0 Å². The molecule has 2 aromatic rings. The first-order valence-electron chi connectivity index (χ1n) is 7.17. The van der Waals surface area contributed by atoms with E-state index in [1.165, 1.54) is 0 Å². The number of hydrogen-bond acceptors (Lipinski definition) is 4. The zero-order chi connectivity index (χ0) is 15.0. The molecule has 128 valence electrons. The van der Waals surface area contributed by atoms with Gasteiger partial charge in [0.1, 0.15) is 5.69 Å². The molecule has 1 unspecified atom stereocenters. The molecule has 1 amide bonds. The standard InChI is InChI=1S/C15H20N4OS.2ClH/c1-10-7-16-4-5-19(10)15(20)14-6-12(8-18(14)3)13-9-21-11(2)17-13;;/h6,8-10,16H,4-5,7H2,1-3H3;2*1H. The van der Waals surface area contributed by atoms with Gasteiger partial charge in [-0.25, -0.2) is 4.98 Å². The lowest BCUT2D eigenvalue weighted by Crippen LogP contribution is -2.52. The van der Waals surface area contributed by atoms with Crippen molar-refractivity contribution in [2.75, 3.05) is 19.6 Å². The molecule has 1 fully saturated rings. The number of carbonyl (C=O) groups is 1. The second-order valence-electron chi connectivity index (χ2n) is 5.53. The highest BCUT2D eigenvalue weighted by Crippen LogP contribution is 2.24. The summed E-state index contributed by atoms with van der Waals surface area (Å²) in [4.78, 5) is 19.2. The van der Waals surface area contributed by atoms with Gasteiger partial charge in [-0.05, 0) is 19.9 Å². The topological polar surface area (TPSA) is 50.2 Å². The number of piperazine rings is 1. The second-order valence-corrected chi connectivity index (χ2v) is 6.59. The van der Waals surface area contributed by atoms with E-state index in [0.717, 1.165) is 41.6 Å². The average molecular weight is 377 g/mol. The molecule has 3 rings (SSSR count). The molecule has 0 aliphatic carbocycles. The van der Waals surface area contributed by atoms with Crippen molar-refractivity contribution in [3.8, 4) is 11.3 Å². The molecule has 0 aromatic carbocycles. The van der Waals surface area contributed by atoms with Gasteiger partial charge < -0.3 is 14.8 Å².